The second-order valence-electron chi connectivity index (χ2n) is 4.89. The number of thiocarbonyl (C=S) groups is 1. The molecule has 1 aromatic rings. The SMILES string of the molecule is CCOc1cc(C(C(N)=S)N2CCCC2)ccc1OC. The molecule has 1 aliphatic heterocycles. The minimum Gasteiger partial charge on any atom is -0.493 e. The van der Waals surface area contributed by atoms with Crippen LogP contribution in [0.3, 0.4) is 0 Å². The molecule has 0 spiro atoms. The van der Waals surface area contributed by atoms with Crippen LogP contribution in [-0.4, -0.2) is 36.7 Å². The van der Waals surface area contributed by atoms with Crippen LogP contribution in [0.2, 0.25) is 0 Å². The summed E-state index contributed by atoms with van der Waals surface area (Å²) in [4.78, 5) is 2.85. The van der Waals surface area contributed by atoms with Crippen LogP contribution in [0.25, 0.3) is 0 Å². The topological polar surface area (TPSA) is 47.7 Å². The second-order valence-corrected chi connectivity index (χ2v) is 5.36. The first-order valence-electron chi connectivity index (χ1n) is 7.01. The van der Waals surface area contributed by atoms with Crippen molar-refractivity contribution in [2.75, 3.05) is 26.8 Å². The first kappa shape index (κ1) is 15.1. The highest BCUT2D eigenvalue weighted by Crippen LogP contribution is 2.33. The van der Waals surface area contributed by atoms with E-state index < -0.39 is 0 Å². The Morgan fingerprint density at radius 2 is 2.05 bits per heavy atom. The highest BCUT2D eigenvalue weighted by Gasteiger charge is 2.26. The van der Waals surface area contributed by atoms with Crippen LogP contribution in [0.5, 0.6) is 11.5 Å². The number of nitrogens with two attached hydrogens (primary N) is 1. The molecule has 5 heteroatoms. The molecule has 1 aliphatic rings. The van der Waals surface area contributed by atoms with Gasteiger partial charge in [0.1, 0.15) is 0 Å². The maximum absolute atomic E-state index is 5.96. The molecule has 0 bridgehead atoms. The van der Waals surface area contributed by atoms with Gasteiger partial charge in [-0.05, 0) is 50.6 Å². The van der Waals surface area contributed by atoms with Gasteiger partial charge in [-0.2, -0.15) is 0 Å². The molecule has 1 aromatic carbocycles. The third-order valence-electron chi connectivity index (χ3n) is 3.58. The van der Waals surface area contributed by atoms with E-state index in [-0.39, 0.29) is 6.04 Å². The molecule has 1 atom stereocenters. The molecule has 0 aromatic heterocycles. The Morgan fingerprint density at radius 3 is 2.60 bits per heavy atom. The zero-order valence-electron chi connectivity index (χ0n) is 12.1. The number of hydrogen-bond donors (Lipinski definition) is 1. The van der Waals surface area contributed by atoms with Crippen molar-refractivity contribution in [1.82, 2.24) is 4.90 Å². The molecule has 1 heterocycles. The minimum atomic E-state index is -0.0161. The summed E-state index contributed by atoms with van der Waals surface area (Å²) < 4.78 is 10.9. The standard InChI is InChI=1S/C15H22N2O2S/c1-3-19-13-10-11(6-7-12(13)18-2)14(15(16)20)17-8-4-5-9-17/h6-7,10,14H,3-5,8-9H2,1-2H3,(H2,16,20). The minimum absolute atomic E-state index is 0.0161. The van der Waals surface area contributed by atoms with Gasteiger partial charge in [-0.3, -0.25) is 4.90 Å². The summed E-state index contributed by atoms with van der Waals surface area (Å²) in [5.74, 6) is 1.48. The quantitative estimate of drug-likeness (QED) is 0.817. The number of ether oxygens (including phenoxy) is 2. The normalized spacial score (nSPS) is 16.9. The van der Waals surface area contributed by atoms with Gasteiger partial charge in [0.05, 0.1) is 24.7 Å². The van der Waals surface area contributed by atoms with Crippen molar-refractivity contribution >= 4 is 17.2 Å². The largest absolute Gasteiger partial charge is 0.493 e. The van der Waals surface area contributed by atoms with E-state index in [4.69, 9.17) is 27.4 Å². The van der Waals surface area contributed by atoms with E-state index in [0.29, 0.717) is 11.6 Å². The van der Waals surface area contributed by atoms with Crippen LogP contribution in [0, 0.1) is 0 Å². The summed E-state index contributed by atoms with van der Waals surface area (Å²) >= 11 is 5.27. The van der Waals surface area contributed by atoms with Crippen LogP contribution in [0.1, 0.15) is 31.4 Å². The number of nitrogens with zero attached hydrogens (tertiary/aromatic N) is 1. The van der Waals surface area contributed by atoms with Gasteiger partial charge < -0.3 is 15.2 Å². The molecular weight excluding hydrogens is 272 g/mol. The Balaban J connectivity index is 2.32. The Morgan fingerprint density at radius 1 is 1.35 bits per heavy atom. The fourth-order valence-corrected chi connectivity index (χ4v) is 2.97. The van der Waals surface area contributed by atoms with Crippen molar-refractivity contribution in [2.45, 2.75) is 25.8 Å². The van der Waals surface area contributed by atoms with Crippen molar-refractivity contribution in [3.8, 4) is 11.5 Å². The van der Waals surface area contributed by atoms with E-state index in [0.717, 1.165) is 30.2 Å². The van der Waals surface area contributed by atoms with Crippen LogP contribution in [0.15, 0.2) is 18.2 Å². The van der Waals surface area contributed by atoms with E-state index in [1.807, 2.05) is 25.1 Å². The summed E-state index contributed by atoms with van der Waals surface area (Å²) in [6.45, 7) is 4.63. The Bertz CT molecular complexity index is 473. The zero-order valence-corrected chi connectivity index (χ0v) is 12.9. The lowest BCUT2D eigenvalue weighted by molar-refractivity contribution is 0.297. The fourth-order valence-electron chi connectivity index (χ4n) is 2.69. The van der Waals surface area contributed by atoms with Gasteiger partial charge in [0.25, 0.3) is 0 Å². The Hall–Kier alpha value is -1.33. The number of methoxy groups -OCH3 is 1. The van der Waals surface area contributed by atoms with Crippen molar-refractivity contribution in [2.24, 2.45) is 5.73 Å². The van der Waals surface area contributed by atoms with Crippen LogP contribution in [0.4, 0.5) is 0 Å². The Labute approximate surface area is 125 Å². The van der Waals surface area contributed by atoms with E-state index in [2.05, 4.69) is 4.90 Å². The molecule has 0 amide bonds. The van der Waals surface area contributed by atoms with E-state index in [1.54, 1.807) is 7.11 Å². The summed E-state index contributed by atoms with van der Waals surface area (Å²) in [5.41, 5.74) is 7.03. The van der Waals surface area contributed by atoms with Crippen LogP contribution >= 0.6 is 12.2 Å². The first-order valence-corrected chi connectivity index (χ1v) is 7.42. The highest BCUT2D eigenvalue weighted by atomic mass is 32.1. The van der Waals surface area contributed by atoms with Crippen molar-refractivity contribution < 1.29 is 9.47 Å². The monoisotopic (exact) mass is 294 g/mol. The average Bonchev–Trinajstić information content (AvgIpc) is 2.93. The maximum Gasteiger partial charge on any atom is 0.161 e. The second kappa shape index (κ2) is 6.90. The molecule has 1 fully saturated rings. The van der Waals surface area contributed by atoms with E-state index >= 15 is 0 Å². The number of hydrogen-bond acceptors (Lipinski definition) is 4. The molecule has 0 aliphatic carbocycles. The third-order valence-corrected chi connectivity index (χ3v) is 3.80. The van der Waals surface area contributed by atoms with Gasteiger partial charge in [0.2, 0.25) is 0 Å². The smallest absolute Gasteiger partial charge is 0.161 e. The average molecular weight is 294 g/mol. The molecule has 2 rings (SSSR count). The molecule has 0 radical (unpaired) electrons. The molecule has 4 nitrogen and oxygen atoms in total. The van der Waals surface area contributed by atoms with Crippen LogP contribution in [-0.2, 0) is 0 Å². The van der Waals surface area contributed by atoms with Gasteiger partial charge in [0, 0.05) is 0 Å². The predicted octanol–water partition coefficient (Wildman–Crippen LogP) is 2.52. The molecule has 20 heavy (non-hydrogen) atoms. The zero-order chi connectivity index (χ0) is 14.5. The third kappa shape index (κ3) is 3.22. The molecule has 1 saturated heterocycles. The lowest BCUT2D eigenvalue weighted by atomic mass is 10.0. The van der Waals surface area contributed by atoms with Gasteiger partial charge in [-0.15, -0.1) is 0 Å². The number of benzene rings is 1. The first-order chi connectivity index (χ1) is 9.67. The molecule has 0 saturated carbocycles. The predicted molar refractivity (Wildman–Crippen MR) is 84.5 cm³/mol. The summed E-state index contributed by atoms with van der Waals surface area (Å²) in [7, 11) is 1.64. The molecule has 2 N–H and O–H groups in total. The van der Waals surface area contributed by atoms with Crippen molar-refractivity contribution in [1.29, 1.82) is 0 Å². The maximum atomic E-state index is 5.96. The Kier molecular flexibility index (Phi) is 5.20. The van der Waals surface area contributed by atoms with E-state index in [1.165, 1.54) is 12.8 Å². The number of likely N-dealkylation sites (tertiary alicyclic amines) is 1. The van der Waals surface area contributed by atoms with Gasteiger partial charge >= 0.3 is 0 Å². The summed E-state index contributed by atoms with van der Waals surface area (Å²) in [6, 6.07) is 5.91. The molecule has 1 unspecified atom stereocenters. The van der Waals surface area contributed by atoms with E-state index in [9.17, 15) is 0 Å². The highest BCUT2D eigenvalue weighted by molar-refractivity contribution is 7.80. The lowest BCUT2D eigenvalue weighted by Gasteiger charge is -2.27. The van der Waals surface area contributed by atoms with Crippen molar-refractivity contribution in [3.63, 3.8) is 0 Å². The summed E-state index contributed by atoms with van der Waals surface area (Å²) in [5, 5.41) is 0. The van der Waals surface area contributed by atoms with Gasteiger partial charge in [-0.1, -0.05) is 18.3 Å². The molecular formula is C15H22N2O2S. The fraction of sp³-hybridized carbons (Fsp3) is 0.533. The molecule has 110 valence electrons. The van der Waals surface area contributed by atoms with Gasteiger partial charge in [0.15, 0.2) is 11.5 Å². The van der Waals surface area contributed by atoms with Crippen molar-refractivity contribution in [3.05, 3.63) is 23.8 Å². The van der Waals surface area contributed by atoms with Crippen LogP contribution < -0.4 is 15.2 Å². The van der Waals surface area contributed by atoms with Gasteiger partial charge in [-0.25, -0.2) is 0 Å². The lowest BCUT2D eigenvalue weighted by Crippen LogP contribution is -2.34. The summed E-state index contributed by atoms with van der Waals surface area (Å²) in [6.07, 6.45) is 2.40. The number of rotatable bonds is 6.